The zero-order valence-corrected chi connectivity index (χ0v) is 17.9. The Morgan fingerprint density at radius 1 is 1.19 bits per heavy atom. The number of methoxy groups -OCH3 is 1. The summed E-state index contributed by atoms with van der Waals surface area (Å²) in [7, 11) is 1.59. The van der Waals surface area contributed by atoms with Gasteiger partial charge in [-0.25, -0.2) is 4.68 Å². The minimum Gasteiger partial charge on any atom is -0.497 e. The molecule has 32 heavy (non-hydrogen) atoms. The van der Waals surface area contributed by atoms with Crippen molar-refractivity contribution in [1.82, 2.24) is 20.3 Å². The average Bonchev–Trinajstić information content (AvgIpc) is 3.49. The standard InChI is InChI=1S/C23H22N4O5/c1-14-11-20(32-26-14)18-12-21(28)27(25-22(18)19-5-4-10-31-19)15(2)23(29)24-13-16-6-8-17(30-3)9-7-16/h4-12,15H,13H2,1-3H3,(H,24,29)/t15-/m0/s1. The van der Waals surface area contributed by atoms with Gasteiger partial charge in [-0.1, -0.05) is 17.3 Å². The number of hydrogen-bond donors (Lipinski definition) is 1. The fraction of sp³-hybridized carbons (Fsp3) is 0.217. The smallest absolute Gasteiger partial charge is 0.268 e. The van der Waals surface area contributed by atoms with Crippen LogP contribution in [0.25, 0.3) is 22.8 Å². The van der Waals surface area contributed by atoms with Crippen LogP contribution in [0, 0.1) is 6.92 Å². The molecule has 1 amide bonds. The van der Waals surface area contributed by atoms with E-state index in [1.54, 1.807) is 39.2 Å². The van der Waals surface area contributed by atoms with E-state index in [0.717, 1.165) is 16.0 Å². The molecule has 3 aromatic heterocycles. The summed E-state index contributed by atoms with van der Waals surface area (Å²) >= 11 is 0. The van der Waals surface area contributed by atoms with Crippen molar-refractivity contribution >= 4 is 5.91 Å². The Morgan fingerprint density at radius 3 is 2.59 bits per heavy atom. The third-order valence-electron chi connectivity index (χ3n) is 4.98. The molecule has 1 atom stereocenters. The molecule has 0 unspecified atom stereocenters. The third-order valence-corrected chi connectivity index (χ3v) is 4.98. The fourth-order valence-electron chi connectivity index (χ4n) is 3.21. The molecule has 0 aliphatic heterocycles. The van der Waals surface area contributed by atoms with Crippen LogP contribution in [0.15, 0.2) is 68.5 Å². The van der Waals surface area contributed by atoms with Gasteiger partial charge in [-0.3, -0.25) is 9.59 Å². The molecule has 0 aliphatic rings. The van der Waals surface area contributed by atoms with Gasteiger partial charge in [0.1, 0.15) is 17.5 Å². The van der Waals surface area contributed by atoms with Crippen molar-refractivity contribution < 1.29 is 18.5 Å². The predicted molar refractivity (Wildman–Crippen MR) is 116 cm³/mol. The van der Waals surface area contributed by atoms with Crippen molar-refractivity contribution in [1.29, 1.82) is 0 Å². The molecule has 0 spiro atoms. The molecule has 9 nitrogen and oxygen atoms in total. The summed E-state index contributed by atoms with van der Waals surface area (Å²) in [4.78, 5) is 25.6. The van der Waals surface area contributed by atoms with Crippen LogP contribution in [0.4, 0.5) is 0 Å². The number of benzene rings is 1. The molecular weight excluding hydrogens is 412 g/mol. The number of carbonyl (C=O) groups is 1. The number of carbonyl (C=O) groups excluding carboxylic acids is 1. The minimum atomic E-state index is -0.847. The molecule has 0 saturated carbocycles. The summed E-state index contributed by atoms with van der Waals surface area (Å²) in [5, 5.41) is 11.2. The van der Waals surface area contributed by atoms with E-state index in [0.29, 0.717) is 35.0 Å². The first-order valence-electron chi connectivity index (χ1n) is 9.98. The van der Waals surface area contributed by atoms with Crippen molar-refractivity contribution in [2.24, 2.45) is 0 Å². The number of hydrogen-bond acceptors (Lipinski definition) is 7. The number of nitrogens with zero attached hydrogens (tertiary/aromatic N) is 3. The normalized spacial score (nSPS) is 11.8. The number of amides is 1. The summed E-state index contributed by atoms with van der Waals surface area (Å²) in [5.74, 6) is 1.22. The lowest BCUT2D eigenvalue weighted by molar-refractivity contribution is -0.124. The maximum Gasteiger partial charge on any atom is 0.268 e. The van der Waals surface area contributed by atoms with Gasteiger partial charge in [0.25, 0.3) is 5.56 Å². The van der Waals surface area contributed by atoms with E-state index < -0.39 is 11.6 Å². The van der Waals surface area contributed by atoms with Crippen LogP contribution in [0.2, 0.25) is 0 Å². The van der Waals surface area contributed by atoms with E-state index in [9.17, 15) is 9.59 Å². The van der Waals surface area contributed by atoms with Crippen LogP contribution < -0.4 is 15.6 Å². The quantitative estimate of drug-likeness (QED) is 0.475. The number of aryl methyl sites for hydroxylation is 1. The van der Waals surface area contributed by atoms with Crippen LogP contribution >= 0.6 is 0 Å². The summed E-state index contributed by atoms with van der Waals surface area (Å²) < 4.78 is 17.1. The lowest BCUT2D eigenvalue weighted by Crippen LogP contribution is -2.37. The maximum absolute atomic E-state index is 12.8. The van der Waals surface area contributed by atoms with Crippen LogP contribution in [0.1, 0.15) is 24.2 Å². The Kier molecular flexibility index (Phi) is 5.89. The molecule has 3 heterocycles. The molecule has 1 aromatic carbocycles. The van der Waals surface area contributed by atoms with E-state index in [1.165, 1.54) is 12.3 Å². The van der Waals surface area contributed by atoms with Gasteiger partial charge in [0.05, 0.1) is 24.6 Å². The van der Waals surface area contributed by atoms with Crippen molar-refractivity contribution in [3.05, 3.63) is 76.4 Å². The first-order chi connectivity index (χ1) is 15.5. The second-order valence-electron chi connectivity index (χ2n) is 7.24. The summed E-state index contributed by atoms with van der Waals surface area (Å²) in [6.07, 6.45) is 1.51. The molecule has 0 radical (unpaired) electrons. The molecule has 0 fully saturated rings. The van der Waals surface area contributed by atoms with Gasteiger partial charge >= 0.3 is 0 Å². The van der Waals surface area contributed by atoms with E-state index >= 15 is 0 Å². The van der Waals surface area contributed by atoms with Gasteiger partial charge in [0, 0.05) is 18.7 Å². The highest BCUT2D eigenvalue weighted by atomic mass is 16.5. The largest absolute Gasteiger partial charge is 0.497 e. The Labute approximate surface area is 183 Å². The Bertz CT molecular complexity index is 1270. The molecule has 0 aliphatic carbocycles. The van der Waals surface area contributed by atoms with Gasteiger partial charge in [-0.05, 0) is 43.7 Å². The molecule has 4 rings (SSSR count). The summed E-state index contributed by atoms with van der Waals surface area (Å²) in [6, 6.07) is 13.0. The molecule has 4 aromatic rings. The maximum atomic E-state index is 12.8. The predicted octanol–water partition coefficient (Wildman–Crippen LogP) is 3.35. The molecule has 0 bridgehead atoms. The van der Waals surface area contributed by atoms with Crippen molar-refractivity contribution in [2.75, 3.05) is 7.11 Å². The van der Waals surface area contributed by atoms with Crippen LogP contribution in [0.5, 0.6) is 5.75 Å². The highest BCUT2D eigenvalue weighted by Crippen LogP contribution is 2.30. The third kappa shape index (κ3) is 4.31. The molecule has 164 valence electrons. The SMILES string of the molecule is COc1ccc(CNC(=O)[C@H](C)n2nc(-c3ccco3)c(-c3cc(C)no3)cc2=O)cc1. The highest BCUT2D eigenvalue weighted by molar-refractivity contribution is 5.80. The van der Waals surface area contributed by atoms with E-state index in [-0.39, 0.29) is 5.91 Å². The van der Waals surface area contributed by atoms with Crippen LogP contribution in [-0.4, -0.2) is 28.0 Å². The van der Waals surface area contributed by atoms with E-state index in [2.05, 4.69) is 15.6 Å². The molecule has 1 N–H and O–H groups in total. The number of nitrogens with one attached hydrogen (secondary N) is 1. The first-order valence-corrected chi connectivity index (χ1v) is 9.98. The Morgan fingerprint density at radius 2 is 1.97 bits per heavy atom. The van der Waals surface area contributed by atoms with Gasteiger partial charge in [-0.2, -0.15) is 5.10 Å². The second kappa shape index (κ2) is 8.93. The van der Waals surface area contributed by atoms with Crippen LogP contribution in [0.3, 0.4) is 0 Å². The number of rotatable bonds is 7. The number of aromatic nitrogens is 3. The topological polar surface area (TPSA) is 112 Å². The van der Waals surface area contributed by atoms with Gasteiger partial charge in [-0.15, -0.1) is 0 Å². The van der Waals surface area contributed by atoms with Gasteiger partial charge in [0.15, 0.2) is 11.5 Å². The van der Waals surface area contributed by atoms with E-state index in [4.69, 9.17) is 13.7 Å². The molecular formula is C23H22N4O5. The Hall–Kier alpha value is -4.14. The lowest BCUT2D eigenvalue weighted by atomic mass is 10.1. The fourth-order valence-corrected chi connectivity index (χ4v) is 3.21. The summed E-state index contributed by atoms with van der Waals surface area (Å²) in [5.41, 5.74) is 1.93. The van der Waals surface area contributed by atoms with Gasteiger partial charge in [0.2, 0.25) is 5.91 Å². The van der Waals surface area contributed by atoms with Crippen molar-refractivity contribution in [3.63, 3.8) is 0 Å². The van der Waals surface area contributed by atoms with Crippen LogP contribution in [-0.2, 0) is 11.3 Å². The second-order valence-corrected chi connectivity index (χ2v) is 7.24. The molecule has 9 heteroatoms. The van der Waals surface area contributed by atoms with Crippen molar-refractivity contribution in [3.8, 4) is 28.5 Å². The van der Waals surface area contributed by atoms with Gasteiger partial charge < -0.3 is 19.0 Å². The number of furan rings is 1. The lowest BCUT2D eigenvalue weighted by Gasteiger charge is -2.16. The molecule has 0 saturated heterocycles. The van der Waals surface area contributed by atoms with E-state index in [1.807, 2.05) is 24.3 Å². The average molecular weight is 434 g/mol. The Balaban J connectivity index is 1.61. The minimum absolute atomic E-state index is 0.308. The first kappa shape index (κ1) is 21.1. The summed E-state index contributed by atoms with van der Waals surface area (Å²) in [6.45, 7) is 3.70. The number of ether oxygens (including phenoxy) is 1. The van der Waals surface area contributed by atoms with Crippen molar-refractivity contribution in [2.45, 2.75) is 26.4 Å². The zero-order chi connectivity index (χ0) is 22.7. The highest BCUT2D eigenvalue weighted by Gasteiger charge is 2.23. The zero-order valence-electron chi connectivity index (χ0n) is 17.9. The monoisotopic (exact) mass is 434 g/mol.